The molecule has 0 saturated carbocycles. The lowest BCUT2D eigenvalue weighted by molar-refractivity contribution is 0.205. The van der Waals surface area contributed by atoms with E-state index in [2.05, 4.69) is 44.7 Å². The van der Waals surface area contributed by atoms with Crippen molar-refractivity contribution >= 4 is 0 Å². The third-order valence-electron chi connectivity index (χ3n) is 2.91. The largest absolute Gasteiger partial charge is 0.327 e. The summed E-state index contributed by atoms with van der Waals surface area (Å²) in [5.41, 5.74) is 6.19. The quantitative estimate of drug-likeness (QED) is 0.637. The standard InChI is InChI=1S/C14H33N3/c1-6-7-8-14(15)12-17(11-13(2)3)10-9-16(4)5/h13-14H,6-12,15H2,1-5H3. The van der Waals surface area contributed by atoms with E-state index in [4.69, 9.17) is 5.73 Å². The van der Waals surface area contributed by atoms with Crippen LogP contribution in [0.25, 0.3) is 0 Å². The Bertz CT molecular complexity index is 169. The van der Waals surface area contributed by atoms with E-state index in [0.29, 0.717) is 6.04 Å². The fourth-order valence-electron chi connectivity index (χ4n) is 2.00. The first-order valence-electron chi connectivity index (χ1n) is 7.08. The second kappa shape index (κ2) is 9.86. The van der Waals surface area contributed by atoms with Gasteiger partial charge in [0.1, 0.15) is 0 Å². The summed E-state index contributed by atoms with van der Waals surface area (Å²) in [4.78, 5) is 4.76. The monoisotopic (exact) mass is 243 g/mol. The molecule has 0 radical (unpaired) electrons. The molecule has 0 aromatic carbocycles. The van der Waals surface area contributed by atoms with Gasteiger partial charge in [0.15, 0.2) is 0 Å². The molecule has 0 saturated heterocycles. The molecule has 0 aliphatic heterocycles. The van der Waals surface area contributed by atoms with Crippen LogP contribution >= 0.6 is 0 Å². The maximum Gasteiger partial charge on any atom is 0.0167 e. The minimum atomic E-state index is 0.343. The maximum atomic E-state index is 6.19. The molecule has 0 aliphatic rings. The SMILES string of the molecule is CCCCC(N)CN(CCN(C)C)CC(C)C. The van der Waals surface area contributed by atoms with E-state index in [1.54, 1.807) is 0 Å². The zero-order chi connectivity index (χ0) is 13.3. The number of hydrogen-bond donors (Lipinski definition) is 1. The van der Waals surface area contributed by atoms with Gasteiger partial charge in [-0.3, -0.25) is 0 Å². The summed E-state index contributed by atoms with van der Waals surface area (Å²) in [6, 6.07) is 0.343. The van der Waals surface area contributed by atoms with Crippen molar-refractivity contribution in [2.75, 3.05) is 40.3 Å². The first kappa shape index (κ1) is 16.9. The molecule has 17 heavy (non-hydrogen) atoms. The van der Waals surface area contributed by atoms with Crippen molar-refractivity contribution in [3.05, 3.63) is 0 Å². The number of rotatable bonds is 10. The fourth-order valence-corrected chi connectivity index (χ4v) is 2.00. The Morgan fingerprint density at radius 1 is 1.06 bits per heavy atom. The summed E-state index contributed by atoms with van der Waals surface area (Å²) in [7, 11) is 4.26. The fraction of sp³-hybridized carbons (Fsp3) is 1.00. The second-order valence-electron chi connectivity index (χ2n) is 5.86. The summed E-state index contributed by atoms with van der Waals surface area (Å²) >= 11 is 0. The number of likely N-dealkylation sites (N-methyl/N-ethyl adjacent to an activating group) is 1. The van der Waals surface area contributed by atoms with E-state index in [0.717, 1.165) is 38.5 Å². The Labute approximate surface area is 108 Å². The third-order valence-corrected chi connectivity index (χ3v) is 2.91. The van der Waals surface area contributed by atoms with Crippen LogP contribution in [0.4, 0.5) is 0 Å². The molecule has 104 valence electrons. The smallest absolute Gasteiger partial charge is 0.0167 e. The van der Waals surface area contributed by atoms with E-state index in [1.807, 2.05) is 0 Å². The van der Waals surface area contributed by atoms with E-state index < -0.39 is 0 Å². The average Bonchev–Trinajstić information content (AvgIpc) is 2.22. The predicted octanol–water partition coefficient (Wildman–Crippen LogP) is 2.02. The Balaban J connectivity index is 3.98. The second-order valence-corrected chi connectivity index (χ2v) is 5.86. The summed E-state index contributed by atoms with van der Waals surface area (Å²) < 4.78 is 0. The van der Waals surface area contributed by atoms with Crippen LogP contribution in [0.15, 0.2) is 0 Å². The molecule has 0 aromatic heterocycles. The zero-order valence-corrected chi connectivity index (χ0v) is 12.6. The van der Waals surface area contributed by atoms with Crippen molar-refractivity contribution in [2.24, 2.45) is 11.7 Å². The molecule has 0 amide bonds. The Hall–Kier alpha value is -0.120. The van der Waals surface area contributed by atoms with E-state index in [-0.39, 0.29) is 0 Å². The highest BCUT2D eigenvalue weighted by Gasteiger charge is 2.12. The molecule has 3 nitrogen and oxygen atoms in total. The van der Waals surface area contributed by atoms with Gasteiger partial charge in [0.25, 0.3) is 0 Å². The molecule has 0 fully saturated rings. The van der Waals surface area contributed by atoms with Crippen molar-refractivity contribution in [1.82, 2.24) is 9.80 Å². The topological polar surface area (TPSA) is 32.5 Å². The van der Waals surface area contributed by atoms with Crippen molar-refractivity contribution in [3.8, 4) is 0 Å². The Morgan fingerprint density at radius 3 is 2.18 bits per heavy atom. The first-order chi connectivity index (χ1) is 7.95. The molecule has 0 heterocycles. The third kappa shape index (κ3) is 10.7. The molecule has 2 N–H and O–H groups in total. The van der Waals surface area contributed by atoms with E-state index in [9.17, 15) is 0 Å². The number of unbranched alkanes of at least 4 members (excludes halogenated alkanes) is 1. The first-order valence-corrected chi connectivity index (χ1v) is 7.08. The van der Waals surface area contributed by atoms with Gasteiger partial charge in [-0.2, -0.15) is 0 Å². The van der Waals surface area contributed by atoms with Gasteiger partial charge in [0.05, 0.1) is 0 Å². The number of nitrogens with zero attached hydrogens (tertiary/aromatic N) is 2. The van der Waals surface area contributed by atoms with Gasteiger partial charge in [0.2, 0.25) is 0 Å². The highest BCUT2D eigenvalue weighted by molar-refractivity contribution is 4.70. The lowest BCUT2D eigenvalue weighted by Gasteiger charge is -2.28. The van der Waals surface area contributed by atoms with Gasteiger partial charge in [-0.1, -0.05) is 33.6 Å². The molecule has 0 bridgehead atoms. The molecule has 0 aromatic rings. The Kier molecular flexibility index (Phi) is 9.79. The molecule has 0 rings (SSSR count). The minimum Gasteiger partial charge on any atom is -0.327 e. The van der Waals surface area contributed by atoms with Gasteiger partial charge in [-0.25, -0.2) is 0 Å². The van der Waals surface area contributed by atoms with Crippen LogP contribution in [0.1, 0.15) is 40.0 Å². The summed E-state index contributed by atoms with van der Waals surface area (Å²) in [6.07, 6.45) is 3.66. The van der Waals surface area contributed by atoms with Crippen LogP contribution in [-0.4, -0.2) is 56.1 Å². The van der Waals surface area contributed by atoms with Gasteiger partial charge in [-0.05, 0) is 26.4 Å². The lowest BCUT2D eigenvalue weighted by Crippen LogP contribution is -2.42. The van der Waals surface area contributed by atoms with Crippen LogP contribution in [0.3, 0.4) is 0 Å². The molecule has 1 unspecified atom stereocenters. The number of hydrogen-bond acceptors (Lipinski definition) is 3. The van der Waals surface area contributed by atoms with Crippen molar-refractivity contribution in [2.45, 2.75) is 46.1 Å². The molecule has 1 atom stereocenters. The predicted molar refractivity (Wildman–Crippen MR) is 77.3 cm³/mol. The molecule has 3 heteroatoms. The van der Waals surface area contributed by atoms with Crippen LogP contribution < -0.4 is 5.73 Å². The molecule has 0 aliphatic carbocycles. The van der Waals surface area contributed by atoms with Crippen molar-refractivity contribution in [1.29, 1.82) is 0 Å². The summed E-state index contributed by atoms with van der Waals surface area (Å²) in [5, 5.41) is 0. The molecular weight excluding hydrogens is 210 g/mol. The summed E-state index contributed by atoms with van der Waals surface area (Å²) in [6.45, 7) is 11.2. The Morgan fingerprint density at radius 2 is 1.71 bits per heavy atom. The van der Waals surface area contributed by atoms with Crippen molar-refractivity contribution in [3.63, 3.8) is 0 Å². The van der Waals surface area contributed by atoms with Crippen LogP contribution in [0.2, 0.25) is 0 Å². The van der Waals surface area contributed by atoms with Crippen LogP contribution in [0.5, 0.6) is 0 Å². The molecule has 0 spiro atoms. The van der Waals surface area contributed by atoms with Crippen LogP contribution in [0, 0.1) is 5.92 Å². The lowest BCUT2D eigenvalue weighted by atomic mass is 10.1. The van der Waals surface area contributed by atoms with E-state index >= 15 is 0 Å². The van der Waals surface area contributed by atoms with Gasteiger partial charge in [-0.15, -0.1) is 0 Å². The van der Waals surface area contributed by atoms with Crippen molar-refractivity contribution < 1.29 is 0 Å². The zero-order valence-electron chi connectivity index (χ0n) is 12.6. The maximum absolute atomic E-state index is 6.19. The van der Waals surface area contributed by atoms with Gasteiger partial charge < -0.3 is 15.5 Å². The van der Waals surface area contributed by atoms with Gasteiger partial charge >= 0.3 is 0 Å². The summed E-state index contributed by atoms with van der Waals surface area (Å²) in [5.74, 6) is 0.718. The minimum absolute atomic E-state index is 0.343. The normalized spacial score (nSPS) is 13.9. The molecular formula is C14H33N3. The highest BCUT2D eigenvalue weighted by atomic mass is 15.2. The van der Waals surface area contributed by atoms with Crippen LogP contribution in [-0.2, 0) is 0 Å². The highest BCUT2D eigenvalue weighted by Crippen LogP contribution is 2.04. The average molecular weight is 243 g/mol. The van der Waals surface area contributed by atoms with Gasteiger partial charge in [0, 0.05) is 32.2 Å². The number of nitrogens with two attached hydrogens (primary N) is 1. The van der Waals surface area contributed by atoms with E-state index in [1.165, 1.54) is 12.8 Å².